The van der Waals surface area contributed by atoms with Crippen LogP contribution in [-0.2, 0) is 19.6 Å². The summed E-state index contributed by atoms with van der Waals surface area (Å²) < 4.78 is 36.8. The molecule has 204 valence electrons. The molecule has 5 rings (SSSR count). The molecule has 4 saturated carbocycles. The third kappa shape index (κ3) is 4.91. The minimum Gasteiger partial charge on any atom is -0.456 e. The van der Waals surface area contributed by atoms with E-state index in [2.05, 4.69) is 13.8 Å². The van der Waals surface area contributed by atoms with Crippen LogP contribution in [0.15, 0.2) is 30.3 Å². The predicted octanol–water partition coefficient (Wildman–Crippen LogP) is 5.90. The van der Waals surface area contributed by atoms with E-state index in [1.54, 1.807) is 30.3 Å². The summed E-state index contributed by atoms with van der Waals surface area (Å²) in [6.45, 7) is 4.30. The quantitative estimate of drug-likeness (QED) is 0.238. The van der Waals surface area contributed by atoms with Crippen LogP contribution >= 0.6 is 0 Å². The largest absolute Gasteiger partial charge is 0.456 e. The van der Waals surface area contributed by atoms with Gasteiger partial charge in [-0.3, -0.25) is 4.79 Å². The molecule has 0 N–H and O–H groups in total. The second kappa shape index (κ2) is 10.4. The minimum atomic E-state index is -3.60. The third-order valence-corrected chi connectivity index (χ3v) is 12.6. The lowest BCUT2D eigenvalue weighted by Gasteiger charge is -2.46. The fourth-order valence-corrected chi connectivity index (χ4v) is 11.1. The number of nitrogens with zero attached hydrogens (tertiary/aromatic N) is 1. The van der Waals surface area contributed by atoms with Gasteiger partial charge in [0, 0.05) is 23.1 Å². The Morgan fingerprint density at radius 2 is 1.46 bits per heavy atom. The standard InChI is InChI=1S/C30H43NO5S/c1-29(2)23-18-19-30(29,26(20-23)36-28(33)27(32)22-12-6-3-7-13-22)21-37(34,35)31(24-14-8-4-9-15-24)25-16-10-5-11-17-25/h3,6-7,12-13,23-26H,4-5,8-11,14-21H2,1-2H3/t23-,26-,30-/m1/s1. The first-order chi connectivity index (χ1) is 17.7. The molecule has 0 aromatic heterocycles. The van der Waals surface area contributed by atoms with E-state index in [0.29, 0.717) is 18.4 Å². The summed E-state index contributed by atoms with van der Waals surface area (Å²) in [5.41, 5.74) is -0.659. The Balaban J connectivity index is 1.42. The Morgan fingerprint density at radius 3 is 2.00 bits per heavy atom. The highest BCUT2D eigenvalue weighted by Crippen LogP contribution is 2.67. The van der Waals surface area contributed by atoms with E-state index in [1.807, 2.05) is 4.31 Å². The monoisotopic (exact) mass is 529 g/mol. The maximum absolute atomic E-state index is 14.5. The van der Waals surface area contributed by atoms with Crippen molar-refractivity contribution in [3.8, 4) is 0 Å². The SMILES string of the molecule is CC1(C)[C@@H]2CC[C@@]1(CS(=O)(=O)N(C1CCCCC1)C1CCCCC1)[C@H](OC(=O)C(=O)c1ccccc1)C2. The third-order valence-electron chi connectivity index (χ3n) is 10.5. The number of ketones is 1. The molecule has 0 spiro atoms. The van der Waals surface area contributed by atoms with Crippen LogP contribution in [0.25, 0.3) is 0 Å². The topological polar surface area (TPSA) is 80.8 Å². The maximum Gasteiger partial charge on any atom is 0.379 e. The lowest BCUT2D eigenvalue weighted by molar-refractivity contribution is -0.150. The van der Waals surface area contributed by atoms with Gasteiger partial charge in [-0.1, -0.05) is 82.7 Å². The van der Waals surface area contributed by atoms with Crippen LogP contribution in [0, 0.1) is 16.7 Å². The molecule has 0 unspecified atom stereocenters. The molecule has 1 aromatic carbocycles. The lowest BCUT2D eigenvalue weighted by atomic mass is 9.69. The molecule has 4 fully saturated rings. The van der Waals surface area contributed by atoms with Crippen LogP contribution in [0.4, 0.5) is 0 Å². The van der Waals surface area contributed by atoms with Crippen molar-refractivity contribution in [1.82, 2.24) is 4.31 Å². The van der Waals surface area contributed by atoms with Gasteiger partial charge >= 0.3 is 5.97 Å². The molecular formula is C30H43NO5S. The van der Waals surface area contributed by atoms with Crippen molar-refractivity contribution < 1.29 is 22.7 Å². The molecule has 2 bridgehead atoms. The van der Waals surface area contributed by atoms with Crippen LogP contribution in [0.2, 0.25) is 0 Å². The second-order valence-corrected chi connectivity index (χ2v) is 14.5. The summed E-state index contributed by atoms with van der Waals surface area (Å²) in [5.74, 6) is -1.24. The number of hydrogen-bond acceptors (Lipinski definition) is 5. The van der Waals surface area contributed by atoms with E-state index in [-0.39, 0.29) is 29.2 Å². The molecule has 4 aliphatic carbocycles. The highest BCUT2D eigenvalue weighted by Gasteiger charge is 2.67. The molecule has 3 atom stereocenters. The Bertz CT molecular complexity index is 1070. The summed E-state index contributed by atoms with van der Waals surface area (Å²) in [5, 5.41) is 0. The van der Waals surface area contributed by atoms with Gasteiger partial charge < -0.3 is 4.74 Å². The smallest absolute Gasteiger partial charge is 0.379 e. The fraction of sp³-hybridized carbons (Fsp3) is 0.733. The molecule has 0 saturated heterocycles. The zero-order chi connectivity index (χ0) is 26.3. The molecular weight excluding hydrogens is 486 g/mol. The molecule has 0 amide bonds. The van der Waals surface area contributed by atoms with Gasteiger partial charge in [-0.2, -0.15) is 4.31 Å². The summed E-state index contributed by atoms with van der Waals surface area (Å²) in [7, 11) is -3.60. The number of carbonyl (C=O) groups excluding carboxylic acids is 2. The number of benzene rings is 1. The number of Topliss-reactive ketones (excluding diaryl/α,β-unsaturated/α-hetero) is 1. The number of hydrogen-bond donors (Lipinski definition) is 0. The van der Waals surface area contributed by atoms with Crippen molar-refractivity contribution >= 4 is 21.8 Å². The van der Waals surface area contributed by atoms with Crippen LogP contribution in [0.5, 0.6) is 0 Å². The van der Waals surface area contributed by atoms with Gasteiger partial charge in [-0.05, 0) is 56.3 Å². The van der Waals surface area contributed by atoms with Gasteiger partial charge in [-0.25, -0.2) is 13.2 Å². The van der Waals surface area contributed by atoms with Crippen LogP contribution in [0.1, 0.15) is 108 Å². The molecule has 7 heteroatoms. The zero-order valence-electron chi connectivity index (χ0n) is 22.5. The predicted molar refractivity (Wildman–Crippen MR) is 144 cm³/mol. The van der Waals surface area contributed by atoms with Crippen LogP contribution in [0.3, 0.4) is 0 Å². The van der Waals surface area contributed by atoms with Gasteiger partial charge in [-0.15, -0.1) is 0 Å². The van der Waals surface area contributed by atoms with Gasteiger partial charge in [0.05, 0.1) is 5.75 Å². The number of carbonyl (C=O) groups is 2. The summed E-state index contributed by atoms with van der Waals surface area (Å²) in [6.07, 6.45) is 12.2. The van der Waals surface area contributed by atoms with Crippen LogP contribution in [-0.4, -0.2) is 48.4 Å². The highest BCUT2D eigenvalue weighted by molar-refractivity contribution is 7.89. The van der Waals surface area contributed by atoms with Crippen LogP contribution < -0.4 is 0 Å². The van der Waals surface area contributed by atoms with E-state index in [4.69, 9.17) is 4.74 Å². The molecule has 0 radical (unpaired) electrons. The van der Waals surface area contributed by atoms with E-state index in [9.17, 15) is 18.0 Å². The molecule has 37 heavy (non-hydrogen) atoms. The highest BCUT2D eigenvalue weighted by atomic mass is 32.2. The first-order valence-electron chi connectivity index (χ1n) is 14.5. The second-order valence-electron chi connectivity index (χ2n) is 12.6. The molecule has 4 aliphatic rings. The molecule has 6 nitrogen and oxygen atoms in total. The number of ether oxygens (including phenoxy) is 1. The number of rotatable bonds is 8. The van der Waals surface area contributed by atoms with Crippen molar-refractivity contribution in [2.24, 2.45) is 16.7 Å². The van der Waals surface area contributed by atoms with Crippen molar-refractivity contribution in [3.63, 3.8) is 0 Å². The van der Waals surface area contributed by atoms with Crippen molar-refractivity contribution in [2.45, 2.75) is 116 Å². The Morgan fingerprint density at radius 1 is 0.892 bits per heavy atom. The average molecular weight is 530 g/mol. The van der Waals surface area contributed by atoms with Gasteiger partial charge in [0.2, 0.25) is 10.0 Å². The maximum atomic E-state index is 14.5. The summed E-state index contributed by atoms with van der Waals surface area (Å²) in [6, 6.07) is 8.63. The number of esters is 1. The number of sulfonamides is 1. The molecule has 0 aliphatic heterocycles. The first kappa shape index (κ1) is 26.9. The lowest BCUT2D eigenvalue weighted by Crippen LogP contribution is -2.54. The van der Waals surface area contributed by atoms with E-state index < -0.39 is 33.3 Å². The summed E-state index contributed by atoms with van der Waals surface area (Å²) in [4.78, 5) is 25.8. The minimum absolute atomic E-state index is 0.00791. The van der Waals surface area contributed by atoms with E-state index >= 15 is 0 Å². The molecule has 0 heterocycles. The zero-order valence-corrected chi connectivity index (χ0v) is 23.3. The van der Waals surface area contributed by atoms with Gasteiger partial charge in [0.25, 0.3) is 5.78 Å². The first-order valence-corrected chi connectivity index (χ1v) is 16.1. The Kier molecular flexibility index (Phi) is 7.58. The average Bonchev–Trinajstić information content (AvgIpc) is 3.24. The van der Waals surface area contributed by atoms with Gasteiger partial charge in [0.1, 0.15) is 6.10 Å². The summed E-state index contributed by atoms with van der Waals surface area (Å²) >= 11 is 0. The molecule has 1 aromatic rings. The Hall–Kier alpha value is -1.73. The van der Waals surface area contributed by atoms with E-state index in [0.717, 1.165) is 57.8 Å². The Labute approximate surface area is 222 Å². The van der Waals surface area contributed by atoms with Crippen molar-refractivity contribution in [3.05, 3.63) is 35.9 Å². The fourth-order valence-electron chi connectivity index (χ4n) is 8.22. The number of fused-ring (bicyclic) bond motifs is 2. The van der Waals surface area contributed by atoms with E-state index in [1.165, 1.54) is 12.8 Å². The van der Waals surface area contributed by atoms with Crippen molar-refractivity contribution in [2.75, 3.05) is 5.75 Å². The van der Waals surface area contributed by atoms with Crippen molar-refractivity contribution in [1.29, 1.82) is 0 Å². The normalized spacial score (nSPS) is 30.5. The van der Waals surface area contributed by atoms with Gasteiger partial charge in [0.15, 0.2) is 0 Å².